The Kier molecular flexibility index (Phi) is 4.30. The largest absolute Gasteiger partial charge is 0.372 e. The zero-order valence-corrected chi connectivity index (χ0v) is 9.16. The van der Waals surface area contributed by atoms with Gasteiger partial charge >= 0.3 is 0 Å². The molecule has 0 saturated carbocycles. The van der Waals surface area contributed by atoms with Crippen LogP contribution in [0.15, 0.2) is 0 Å². The lowest BCUT2D eigenvalue weighted by molar-refractivity contribution is -0.221. The van der Waals surface area contributed by atoms with Gasteiger partial charge in [0.15, 0.2) is 0 Å². The minimum Gasteiger partial charge on any atom is -0.372 e. The van der Waals surface area contributed by atoms with Gasteiger partial charge in [0.05, 0.1) is 0 Å². The van der Waals surface area contributed by atoms with Gasteiger partial charge in [0.1, 0.15) is 5.60 Å². The average molecular weight is 194 g/mol. The summed E-state index contributed by atoms with van der Waals surface area (Å²) >= 11 is 0. The highest BCUT2D eigenvalue weighted by atomic mass is 19.3. The maximum atomic E-state index is 13.7. The number of hydrogen-bond acceptors (Lipinski definition) is 1. The smallest absolute Gasteiger partial charge is 0.278 e. The van der Waals surface area contributed by atoms with E-state index in [0.29, 0.717) is 12.8 Å². The first kappa shape index (κ1) is 12.8. The van der Waals surface area contributed by atoms with Crippen molar-refractivity contribution < 1.29 is 13.5 Å². The Hall–Kier alpha value is -0.180. The van der Waals surface area contributed by atoms with Gasteiger partial charge in [-0.15, -0.1) is 0 Å². The molecular formula is C10H20F2O. The molecule has 0 bridgehead atoms. The van der Waals surface area contributed by atoms with Gasteiger partial charge < -0.3 is 4.74 Å². The van der Waals surface area contributed by atoms with Gasteiger partial charge in [-0.2, -0.15) is 0 Å². The van der Waals surface area contributed by atoms with E-state index in [1.165, 1.54) is 21.0 Å². The molecule has 1 nitrogen and oxygen atoms in total. The molecule has 0 aromatic heterocycles. The lowest BCUT2D eigenvalue weighted by Crippen LogP contribution is -2.52. The van der Waals surface area contributed by atoms with Crippen LogP contribution in [0.5, 0.6) is 0 Å². The van der Waals surface area contributed by atoms with Crippen molar-refractivity contribution in [3.8, 4) is 0 Å². The SMILES string of the molecule is CCC(CC)(OC)C(F)(F)C(C)C. The van der Waals surface area contributed by atoms with Gasteiger partial charge in [-0.05, 0) is 12.8 Å². The van der Waals surface area contributed by atoms with Gasteiger partial charge in [-0.1, -0.05) is 27.7 Å². The van der Waals surface area contributed by atoms with Crippen LogP contribution in [-0.4, -0.2) is 18.6 Å². The third kappa shape index (κ3) is 2.01. The zero-order valence-electron chi connectivity index (χ0n) is 9.16. The monoisotopic (exact) mass is 194 g/mol. The van der Waals surface area contributed by atoms with Crippen LogP contribution in [0.2, 0.25) is 0 Å². The Morgan fingerprint density at radius 1 is 1.15 bits per heavy atom. The molecule has 0 aromatic carbocycles. The molecule has 0 atom stereocenters. The van der Waals surface area contributed by atoms with Crippen LogP contribution in [0.25, 0.3) is 0 Å². The normalized spacial score (nSPS) is 13.8. The van der Waals surface area contributed by atoms with Crippen LogP contribution in [0.4, 0.5) is 8.78 Å². The minimum absolute atomic E-state index is 0.338. The van der Waals surface area contributed by atoms with E-state index < -0.39 is 17.4 Å². The molecular weight excluding hydrogens is 174 g/mol. The lowest BCUT2D eigenvalue weighted by Gasteiger charge is -2.40. The lowest BCUT2D eigenvalue weighted by atomic mass is 9.83. The summed E-state index contributed by atoms with van der Waals surface area (Å²) in [5, 5.41) is 0. The Morgan fingerprint density at radius 2 is 1.54 bits per heavy atom. The molecule has 0 rings (SSSR count). The number of ether oxygens (including phenoxy) is 1. The predicted octanol–water partition coefficient (Wildman–Crippen LogP) is 3.48. The summed E-state index contributed by atoms with van der Waals surface area (Å²) in [6.45, 7) is 6.53. The highest BCUT2D eigenvalue weighted by Gasteiger charge is 2.53. The van der Waals surface area contributed by atoms with Gasteiger partial charge in [-0.25, -0.2) is 8.78 Å². The van der Waals surface area contributed by atoms with Crippen LogP contribution in [-0.2, 0) is 4.74 Å². The van der Waals surface area contributed by atoms with Gasteiger partial charge in [-0.3, -0.25) is 0 Å². The summed E-state index contributed by atoms with van der Waals surface area (Å²) in [6, 6.07) is 0. The van der Waals surface area contributed by atoms with Crippen molar-refractivity contribution in [1.29, 1.82) is 0 Å². The third-order valence-corrected chi connectivity index (χ3v) is 2.87. The number of alkyl halides is 2. The van der Waals surface area contributed by atoms with E-state index >= 15 is 0 Å². The first-order chi connectivity index (χ1) is 5.88. The fraction of sp³-hybridized carbons (Fsp3) is 1.00. The molecule has 3 heteroatoms. The van der Waals surface area contributed by atoms with E-state index in [4.69, 9.17) is 4.74 Å². The van der Waals surface area contributed by atoms with Crippen LogP contribution in [0, 0.1) is 5.92 Å². The van der Waals surface area contributed by atoms with Gasteiger partial charge in [0.2, 0.25) is 0 Å². The van der Waals surface area contributed by atoms with E-state index in [9.17, 15) is 8.78 Å². The second kappa shape index (κ2) is 4.36. The molecule has 0 unspecified atom stereocenters. The van der Waals surface area contributed by atoms with Crippen molar-refractivity contribution >= 4 is 0 Å². The topological polar surface area (TPSA) is 9.23 Å². The molecule has 0 aliphatic heterocycles. The van der Waals surface area contributed by atoms with Crippen molar-refractivity contribution in [2.75, 3.05) is 7.11 Å². The molecule has 0 aliphatic carbocycles. The first-order valence-electron chi connectivity index (χ1n) is 4.81. The molecule has 0 aliphatic rings. The third-order valence-electron chi connectivity index (χ3n) is 2.87. The van der Waals surface area contributed by atoms with E-state index in [2.05, 4.69) is 0 Å². The maximum absolute atomic E-state index is 13.7. The van der Waals surface area contributed by atoms with Crippen LogP contribution in [0.1, 0.15) is 40.5 Å². The Balaban J connectivity index is 4.91. The van der Waals surface area contributed by atoms with E-state index in [-0.39, 0.29) is 0 Å². The Bertz CT molecular complexity index is 143. The Labute approximate surface area is 79.5 Å². The summed E-state index contributed by atoms with van der Waals surface area (Å²) in [5.74, 6) is -3.45. The number of rotatable bonds is 5. The molecule has 80 valence electrons. The average Bonchev–Trinajstić information content (AvgIpc) is 2.08. The second-order valence-corrected chi connectivity index (χ2v) is 3.68. The minimum atomic E-state index is -2.76. The van der Waals surface area contributed by atoms with E-state index in [1.54, 1.807) is 13.8 Å². The van der Waals surface area contributed by atoms with Crippen molar-refractivity contribution in [1.82, 2.24) is 0 Å². The predicted molar refractivity (Wildman–Crippen MR) is 50.1 cm³/mol. The van der Waals surface area contributed by atoms with Crippen molar-refractivity contribution in [2.24, 2.45) is 5.92 Å². The van der Waals surface area contributed by atoms with Crippen molar-refractivity contribution in [3.63, 3.8) is 0 Å². The molecule has 0 spiro atoms. The summed E-state index contributed by atoms with van der Waals surface area (Å²) in [7, 11) is 1.36. The van der Waals surface area contributed by atoms with Crippen LogP contribution in [0.3, 0.4) is 0 Å². The molecule has 0 radical (unpaired) electrons. The second-order valence-electron chi connectivity index (χ2n) is 3.68. The first-order valence-corrected chi connectivity index (χ1v) is 4.81. The van der Waals surface area contributed by atoms with Gasteiger partial charge in [0, 0.05) is 13.0 Å². The van der Waals surface area contributed by atoms with Crippen molar-refractivity contribution in [2.45, 2.75) is 52.1 Å². The molecule has 0 amide bonds. The molecule has 0 fully saturated rings. The van der Waals surface area contributed by atoms with Crippen LogP contribution >= 0.6 is 0 Å². The van der Waals surface area contributed by atoms with E-state index in [0.717, 1.165) is 0 Å². The summed E-state index contributed by atoms with van der Waals surface area (Å²) < 4.78 is 32.5. The maximum Gasteiger partial charge on any atom is 0.278 e. The van der Waals surface area contributed by atoms with Crippen molar-refractivity contribution in [3.05, 3.63) is 0 Å². The number of halogens is 2. The highest BCUT2D eigenvalue weighted by molar-refractivity contribution is 4.94. The highest BCUT2D eigenvalue weighted by Crippen LogP contribution is 2.42. The molecule has 0 saturated heterocycles. The summed E-state index contributed by atoms with van der Waals surface area (Å²) in [4.78, 5) is 0. The van der Waals surface area contributed by atoms with Crippen LogP contribution < -0.4 is 0 Å². The molecule has 13 heavy (non-hydrogen) atoms. The van der Waals surface area contributed by atoms with Gasteiger partial charge in [0.25, 0.3) is 5.92 Å². The number of methoxy groups -OCH3 is 1. The Morgan fingerprint density at radius 3 is 1.62 bits per heavy atom. The molecule has 0 heterocycles. The fourth-order valence-electron chi connectivity index (χ4n) is 1.67. The summed E-state index contributed by atoms with van der Waals surface area (Å²) in [5.41, 5.74) is -1.29. The molecule has 0 N–H and O–H groups in total. The standard InChI is InChI=1S/C10H20F2O/c1-6-9(7-2,13-5)10(11,12)8(3)4/h8H,6-7H2,1-5H3. The fourth-order valence-corrected chi connectivity index (χ4v) is 1.67. The molecule has 0 aromatic rings. The zero-order chi connectivity index (χ0) is 10.7. The quantitative estimate of drug-likeness (QED) is 0.651. The summed E-state index contributed by atoms with van der Waals surface area (Å²) in [6.07, 6.45) is 0.677. The number of hydrogen-bond donors (Lipinski definition) is 0. The van der Waals surface area contributed by atoms with E-state index in [1.807, 2.05) is 0 Å².